The van der Waals surface area contributed by atoms with Gasteiger partial charge in [-0.15, -0.1) is 6.42 Å². The fourth-order valence-corrected chi connectivity index (χ4v) is 4.24. The largest absolute Gasteiger partial charge is 0.492 e. The number of carbonyl (C=O) groups is 1. The number of pyridine rings is 2. The molecule has 9 heteroatoms. The number of carbonyl (C=O) groups excluding carboxylic acids is 1. The van der Waals surface area contributed by atoms with Crippen molar-refractivity contribution >= 4 is 17.3 Å². The van der Waals surface area contributed by atoms with Crippen molar-refractivity contribution in [3.63, 3.8) is 0 Å². The molecule has 2 N–H and O–H groups in total. The smallest absolute Gasteiger partial charge is 0.299 e. The quantitative estimate of drug-likeness (QED) is 0.548. The van der Waals surface area contributed by atoms with E-state index in [4.69, 9.17) is 16.9 Å². The fourth-order valence-electron chi connectivity index (χ4n) is 4.24. The predicted molar refractivity (Wildman–Crippen MR) is 124 cm³/mol. The zero-order valence-corrected chi connectivity index (χ0v) is 18.4. The van der Waals surface area contributed by atoms with Crippen LogP contribution in [0.15, 0.2) is 36.8 Å². The first-order valence-corrected chi connectivity index (χ1v) is 10.7. The van der Waals surface area contributed by atoms with E-state index < -0.39 is 0 Å². The van der Waals surface area contributed by atoms with Gasteiger partial charge in [0.15, 0.2) is 0 Å². The van der Waals surface area contributed by atoms with E-state index in [1.165, 1.54) is 6.20 Å². The molecule has 2 saturated heterocycles. The van der Waals surface area contributed by atoms with Crippen molar-refractivity contribution in [2.45, 2.75) is 19.4 Å². The van der Waals surface area contributed by atoms with E-state index in [0.29, 0.717) is 44.0 Å². The standard InChI is InChI=1S/C24H25N7O2/c1-3-23(32)30-14-19-7-8-29(15-31(19)16-30)22-6-5-17(12-27-22)21-9-20(33-4-2)13-28-24(21)18(10-25)11-26/h1,5-6,9-10,12-13,19H,4,7-8,14-16,25H2,2H3. The molecule has 1 amide bonds. The molecule has 1 unspecified atom stereocenters. The van der Waals surface area contributed by atoms with Gasteiger partial charge < -0.3 is 20.3 Å². The van der Waals surface area contributed by atoms with Gasteiger partial charge in [0, 0.05) is 42.7 Å². The maximum atomic E-state index is 11.9. The number of fused-ring (bicyclic) bond motifs is 1. The van der Waals surface area contributed by atoms with E-state index in [9.17, 15) is 10.1 Å². The maximum Gasteiger partial charge on any atom is 0.299 e. The highest BCUT2D eigenvalue weighted by Gasteiger charge is 2.36. The number of aromatic nitrogens is 2. The number of anilines is 1. The van der Waals surface area contributed by atoms with Crippen LogP contribution in [0.4, 0.5) is 5.82 Å². The predicted octanol–water partition coefficient (Wildman–Crippen LogP) is 1.64. The molecule has 9 nitrogen and oxygen atoms in total. The lowest BCUT2D eigenvalue weighted by atomic mass is 10.0. The first-order chi connectivity index (χ1) is 16.1. The Kier molecular flexibility index (Phi) is 6.43. The van der Waals surface area contributed by atoms with E-state index in [1.807, 2.05) is 25.1 Å². The molecule has 33 heavy (non-hydrogen) atoms. The summed E-state index contributed by atoms with van der Waals surface area (Å²) >= 11 is 0. The Balaban J connectivity index is 1.56. The van der Waals surface area contributed by atoms with Crippen LogP contribution in [0.1, 0.15) is 19.0 Å². The van der Waals surface area contributed by atoms with Crippen LogP contribution in [0.2, 0.25) is 0 Å². The third-order valence-electron chi connectivity index (χ3n) is 5.89. The number of nitrogens with two attached hydrogens (primary N) is 1. The van der Waals surface area contributed by atoms with Gasteiger partial charge in [-0.1, -0.05) is 0 Å². The highest BCUT2D eigenvalue weighted by molar-refractivity contribution is 5.93. The third kappa shape index (κ3) is 4.45. The minimum atomic E-state index is -0.264. The summed E-state index contributed by atoms with van der Waals surface area (Å²) in [5.74, 6) is 3.38. The zero-order valence-electron chi connectivity index (χ0n) is 18.4. The minimum absolute atomic E-state index is 0.264. The molecular formula is C24H25N7O2. The normalized spacial score (nSPS) is 18.4. The van der Waals surface area contributed by atoms with Gasteiger partial charge in [-0.25, -0.2) is 4.98 Å². The van der Waals surface area contributed by atoms with Crippen LogP contribution in [-0.4, -0.2) is 64.8 Å². The lowest BCUT2D eigenvalue weighted by Crippen LogP contribution is -2.48. The third-order valence-corrected chi connectivity index (χ3v) is 5.89. The SMILES string of the molecule is C#CC(=O)N1CC2CCN(c3ccc(-c4cc(OCC)cnc4C(C#N)=CN)cn3)CN2C1. The molecular weight excluding hydrogens is 418 g/mol. The number of nitriles is 1. The Morgan fingerprint density at radius 3 is 2.88 bits per heavy atom. The minimum Gasteiger partial charge on any atom is -0.492 e. The summed E-state index contributed by atoms with van der Waals surface area (Å²) in [6, 6.07) is 8.15. The summed E-state index contributed by atoms with van der Waals surface area (Å²) in [6.07, 6.45) is 10.8. The van der Waals surface area contributed by atoms with Crippen molar-refractivity contribution in [2.24, 2.45) is 5.73 Å². The van der Waals surface area contributed by atoms with Gasteiger partial charge in [-0.3, -0.25) is 14.7 Å². The van der Waals surface area contributed by atoms with Gasteiger partial charge in [0.25, 0.3) is 5.91 Å². The average molecular weight is 444 g/mol. The second-order valence-electron chi connectivity index (χ2n) is 7.85. The van der Waals surface area contributed by atoms with Crippen LogP contribution in [-0.2, 0) is 4.79 Å². The summed E-state index contributed by atoms with van der Waals surface area (Å²) < 4.78 is 5.59. The summed E-state index contributed by atoms with van der Waals surface area (Å²) in [5.41, 5.74) is 7.93. The topological polar surface area (TPSA) is 112 Å². The molecule has 4 heterocycles. The second kappa shape index (κ2) is 9.60. The summed E-state index contributed by atoms with van der Waals surface area (Å²) in [4.78, 5) is 27.1. The molecule has 2 fully saturated rings. The number of amides is 1. The monoisotopic (exact) mass is 443 g/mol. The molecule has 0 aromatic carbocycles. The Bertz CT molecular complexity index is 1150. The molecule has 168 valence electrons. The molecule has 0 aliphatic carbocycles. The number of hydrogen-bond acceptors (Lipinski definition) is 8. The highest BCUT2D eigenvalue weighted by Crippen LogP contribution is 2.31. The number of rotatable bonds is 5. The fraction of sp³-hybridized carbons (Fsp3) is 0.333. The molecule has 2 aromatic heterocycles. The molecule has 0 saturated carbocycles. The first-order valence-electron chi connectivity index (χ1n) is 10.7. The molecule has 2 aromatic rings. The van der Waals surface area contributed by atoms with E-state index >= 15 is 0 Å². The van der Waals surface area contributed by atoms with Crippen LogP contribution in [0.5, 0.6) is 5.75 Å². The summed E-state index contributed by atoms with van der Waals surface area (Å²) in [5, 5.41) is 9.45. The molecule has 0 radical (unpaired) electrons. The molecule has 1 atom stereocenters. The Hall–Kier alpha value is -4.08. The molecule has 4 rings (SSSR count). The Morgan fingerprint density at radius 1 is 1.36 bits per heavy atom. The molecule has 2 aliphatic rings. The van der Waals surface area contributed by atoms with E-state index in [1.54, 1.807) is 17.3 Å². The average Bonchev–Trinajstić information content (AvgIpc) is 3.29. The number of allylic oxidation sites excluding steroid dienone is 1. The number of hydrogen-bond donors (Lipinski definition) is 1. The van der Waals surface area contributed by atoms with Crippen molar-refractivity contribution in [1.82, 2.24) is 19.8 Å². The molecule has 2 aliphatic heterocycles. The van der Waals surface area contributed by atoms with Gasteiger partial charge in [-0.2, -0.15) is 5.26 Å². The first kappa shape index (κ1) is 22.1. The van der Waals surface area contributed by atoms with Crippen LogP contribution in [0.25, 0.3) is 16.7 Å². The van der Waals surface area contributed by atoms with Crippen molar-refractivity contribution in [3.05, 3.63) is 42.5 Å². The lowest BCUT2D eigenvalue weighted by molar-refractivity contribution is -0.124. The van der Waals surface area contributed by atoms with Crippen LogP contribution < -0.4 is 15.4 Å². The van der Waals surface area contributed by atoms with Gasteiger partial charge in [0.2, 0.25) is 0 Å². The van der Waals surface area contributed by atoms with Gasteiger partial charge >= 0.3 is 0 Å². The van der Waals surface area contributed by atoms with Crippen LogP contribution >= 0.6 is 0 Å². The van der Waals surface area contributed by atoms with Crippen molar-refractivity contribution < 1.29 is 9.53 Å². The Labute approximate surface area is 193 Å². The Morgan fingerprint density at radius 2 is 2.21 bits per heavy atom. The van der Waals surface area contributed by atoms with Gasteiger partial charge in [-0.05, 0) is 37.5 Å². The van der Waals surface area contributed by atoms with Gasteiger partial charge in [0.1, 0.15) is 17.6 Å². The van der Waals surface area contributed by atoms with Crippen LogP contribution in [0, 0.1) is 23.7 Å². The van der Waals surface area contributed by atoms with Crippen LogP contribution in [0.3, 0.4) is 0 Å². The molecule has 0 spiro atoms. The van der Waals surface area contributed by atoms with Crippen molar-refractivity contribution in [3.8, 4) is 35.3 Å². The maximum absolute atomic E-state index is 11.9. The van der Waals surface area contributed by atoms with Crippen molar-refractivity contribution in [1.29, 1.82) is 5.26 Å². The van der Waals surface area contributed by atoms with E-state index in [2.05, 4.69) is 31.8 Å². The zero-order chi connectivity index (χ0) is 23.4. The molecule has 0 bridgehead atoms. The summed E-state index contributed by atoms with van der Waals surface area (Å²) in [6.45, 7) is 5.12. The van der Waals surface area contributed by atoms with E-state index in [-0.39, 0.29) is 11.5 Å². The summed E-state index contributed by atoms with van der Waals surface area (Å²) in [7, 11) is 0. The number of ether oxygens (including phenoxy) is 1. The number of nitrogens with zero attached hydrogens (tertiary/aromatic N) is 6. The van der Waals surface area contributed by atoms with Crippen molar-refractivity contribution in [2.75, 3.05) is 37.9 Å². The van der Waals surface area contributed by atoms with E-state index in [0.717, 1.165) is 29.9 Å². The second-order valence-corrected chi connectivity index (χ2v) is 7.85. The van der Waals surface area contributed by atoms with Gasteiger partial charge in [0.05, 0.1) is 37.4 Å². The lowest BCUT2D eigenvalue weighted by Gasteiger charge is -2.37. The number of terminal acetylenes is 1. The highest BCUT2D eigenvalue weighted by atomic mass is 16.5.